The molecule has 1 N–H and O–H groups in total. The maximum absolute atomic E-state index is 3.51. The molecule has 1 fully saturated rings. The first-order valence-corrected chi connectivity index (χ1v) is 6.47. The Morgan fingerprint density at radius 1 is 1.20 bits per heavy atom. The molecule has 1 rings (SSSR count). The molecule has 0 amide bonds. The third-order valence-electron chi connectivity index (χ3n) is 3.83. The highest BCUT2D eigenvalue weighted by Crippen LogP contribution is 2.18. The van der Waals surface area contributed by atoms with Crippen LogP contribution < -0.4 is 5.32 Å². The Hall–Kier alpha value is -0.0800. The van der Waals surface area contributed by atoms with Crippen LogP contribution in [0, 0.1) is 17.8 Å². The first-order valence-electron chi connectivity index (χ1n) is 6.47. The lowest BCUT2D eigenvalue weighted by Crippen LogP contribution is -2.54. The summed E-state index contributed by atoms with van der Waals surface area (Å²) in [5, 5.41) is 3.51. The van der Waals surface area contributed by atoms with Gasteiger partial charge in [-0.15, -0.1) is 0 Å². The predicted molar refractivity (Wildman–Crippen MR) is 67.1 cm³/mol. The number of nitrogens with one attached hydrogen (secondary N) is 1. The molecule has 2 unspecified atom stereocenters. The summed E-state index contributed by atoms with van der Waals surface area (Å²) in [4.78, 5) is 2.69. The van der Waals surface area contributed by atoms with Gasteiger partial charge in [0.1, 0.15) is 0 Å². The van der Waals surface area contributed by atoms with Gasteiger partial charge < -0.3 is 5.32 Å². The van der Waals surface area contributed by atoms with Crippen LogP contribution in [0.15, 0.2) is 0 Å². The van der Waals surface area contributed by atoms with Gasteiger partial charge in [-0.25, -0.2) is 0 Å². The van der Waals surface area contributed by atoms with Gasteiger partial charge >= 0.3 is 0 Å². The molecule has 0 aromatic rings. The molecule has 0 aromatic carbocycles. The zero-order valence-electron chi connectivity index (χ0n) is 11.1. The topological polar surface area (TPSA) is 15.3 Å². The Morgan fingerprint density at radius 3 is 2.40 bits per heavy atom. The molecule has 90 valence electrons. The van der Waals surface area contributed by atoms with E-state index in [0.717, 1.165) is 30.3 Å². The molecular formula is C13H28N2. The van der Waals surface area contributed by atoms with Gasteiger partial charge in [-0.1, -0.05) is 34.6 Å². The molecule has 1 aliphatic heterocycles. The highest BCUT2D eigenvalue weighted by atomic mass is 15.2. The summed E-state index contributed by atoms with van der Waals surface area (Å²) >= 11 is 0. The molecule has 1 saturated heterocycles. The van der Waals surface area contributed by atoms with Crippen LogP contribution in [0.4, 0.5) is 0 Å². The summed E-state index contributed by atoms with van der Waals surface area (Å²) in [7, 11) is 0. The monoisotopic (exact) mass is 212 g/mol. The van der Waals surface area contributed by atoms with Gasteiger partial charge in [0.2, 0.25) is 0 Å². The quantitative estimate of drug-likeness (QED) is 0.768. The van der Waals surface area contributed by atoms with Crippen LogP contribution in [0.5, 0.6) is 0 Å². The Labute approximate surface area is 95.4 Å². The third-order valence-corrected chi connectivity index (χ3v) is 3.83. The number of rotatable bonds is 4. The Kier molecular flexibility index (Phi) is 5.07. The molecule has 0 radical (unpaired) electrons. The van der Waals surface area contributed by atoms with Crippen LogP contribution in [-0.2, 0) is 0 Å². The molecule has 2 heteroatoms. The largest absolute Gasteiger partial charge is 0.314 e. The molecule has 15 heavy (non-hydrogen) atoms. The van der Waals surface area contributed by atoms with Crippen molar-refractivity contribution in [3.05, 3.63) is 0 Å². The zero-order valence-corrected chi connectivity index (χ0v) is 11.1. The molecular weight excluding hydrogens is 184 g/mol. The van der Waals surface area contributed by atoms with E-state index in [9.17, 15) is 0 Å². The highest BCUT2D eigenvalue weighted by molar-refractivity contribution is 4.83. The first kappa shape index (κ1) is 13.0. The number of piperazine rings is 1. The average Bonchev–Trinajstić information content (AvgIpc) is 2.18. The number of nitrogens with zero attached hydrogens (tertiary/aromatic N) is 1. The van der Waals surface area contributed by atoms with Gasteiger partial charge in [0.25, 0.3) is 0 Å². The molecule has 0 bridgehead atoms. The van der Waals surface area contributed by atoms with Gasteiger partial charge in [-0.05, 0) is 17.8 Å². The zero-order chi connectivity index (χ0) is 11.4. The molecule has 0 saturated carbocycles. The van der Waals surface area contributed by atoms with Gasteiger partial charge in [0, 0.05) is 32.2 Å². The molecule has 0 aromatic heterocycles. The Morgan fingerprint density at radius 2 is 1.87 bits per heavy atom. The van der Waals surface area contributed by atoms with E-state index in [1.807, 2.05) is 0 Å². The first-order chi connectivity index (χ1) is 7.02. The van der Waals surface area contributed by atoms with E-state index in [1.54, 1.807) is 0 Å². The second-order valence-electron chi connectivity index (χ2n) is 5.73. The van der Waals surface area contributed by atoms with Gasteiger partial charge in [0.15, 0.2) is 0 Å². The van der Waals surface area contributed by atoms with Gasteiger partial charge in [-0.2, -0.15) is 0 Å². The summed E-state index contributed by atoms with van der Waals surface area (Å²) in [5.74, 6) is 2.37. The molecule has 1 aliphatic rings. The van der Waals surface area contributed by atoms with Crippen LogP contribution in [0.25, 0.3) is 0 Å². The Balaban J connectivity index is 2.49. The fourth-order valence-electron chi connectivity index (χ4n) is 2.23. The normalized spacial score (nSPS) is 26.2. The lowest BCUT2D eigenvalue weighted by atomic mass is 9.94. The third kappa shape index (κ3) is 3.76. The van der Waals surface area contributed by atoms with Crippen LogP contribution in [-0.4, -0.2) is 37.1 Å². The summed E-state index contributed by atoms with van der Waals surface area (Å²) < 4.78 is 0. The van der Waals surface area contributed by atoms with Crippen molar-refractivity contribution in [2.75, 3.05) is 26.2 Å². The van der Waals surface area contributed by atoms with Crippen LogP contribution in [0.1, 0.15) is 34.6 Å². The van der Waals surface area contributed by atoms with Crippen LogP contribution in [0.2, 0.25) is 0 Å². The molecule has 0 spiro atoms. The standard InChI is InChI=1S/C13H28N2/c1-10(2)12(5)9-15-7-6-14-8-13(15)11(3)4/h10-14H,6-9H2,1-5H3. The van der Waals surface area contributed by atoms with E-state index >= 15 is 0 Å². The van der Waals surface area contributed by atoms with Crippen LogP contribution >= 0.6 is 0 Å². The second-order valence-corrected chi connectivity index (χ2v) is 5.73. The van der Waals surface area contributed by atoms with E-state index < -0.39 is 0 Å². The van der Waals surface area contributed by atoms with Crippen molar-refractivity contribution in [2.24, 2.45) is 17.8 Å². The van der Waals surface area contributed by atoms with Crippen molar-refractivity contribution >= 4 is 0 Å². The molecule has 2 nitrogen and oxygen atoms in total. The van der Waals surface area contributed by atoms with Crippen molar-refractivity contribution < 1.29 is 0 Å². The van der Waals surface area contributed by atoms with Crippen molar-refractivity contribution in [1.82, 2.24) is 10.2 Å². The summed E-state index contributed by atoms with van der Waals surface area (Å²) in [6, 6.07) is 0.736. The molecule has 0 aliphatic carbocycles. The lowest BCUT2D eigenvalue weighted by molar-refractivity contribution is 0.0983. The highest BCUT2D eigenvalue weighted by Gasteiger charge is 2.26. The van der Waals surface area contributed by atoms with E-state index in [1.165, 1.54) is 19.6 Å². The van der Waals surface area contributed by atoms with Crippen molar-refractivity contribution in [2.45, 2.75) is 40.7 Å². The number of hydrogen-bond acceptors (Lipinski definition) is 2. The minimum absolute atomic E-state index is 0.736. The van der Waals surface area contributed by atoms with Gasteiger partial charge in [-0.3, -0.25) is 4.90 Å². The maximum Gasteiger partial charge on any atom is 0.0244 e. The van der Waals surface area contributed by atoms with Crippen molar-refractivity contribution in [3.63, 3.8) is 0 Å². The summed E-state index contributed by atoms with van der Waals surface area (Å²) in [5.41, 5.74) is 0. The molecule has 2 atom stereocenters. The fourth-order valence-corrected chi connectivity index (χ4v) is 2.23. The maximum atomic E-state index is 3.51. The van der Waals surface area contributed by atoms with E-state index in [0.29, 0.717) is 0 Å². The SMILES string of the molecule is CC(C)C(C)CN1CCNCC1C(C)C. The van der Waals surface area contributed by atoms with E-state index in [-0.39, 0.29) is 0 Å². The number of hydrogen-bond donors (Lipinski definition) is 1. The van der Waals surface area contributed by atoms with E-state index in [2.05, 4.69) is 44.8 Å². The predicted octanol–water partition coefficient (Wildman–Crippen LogP) is 2.21. The van der Waals surface area contributed by atoms with Gasteiger partial charge in [0.05, 0.1) is 0 Å². The summed E-state index contributed by atoms with van der Waals surface area (Å²) in [6.07, 6.45) is 0. The Bertz CT molecular complexity index is 177. The molecule has 1 heterocycles. The second kappa shape index (κ2) is 5.86. The van der Waals surface area contributed by atoms with Crippen molar-refractivity contribution in [3.8, 4) is 0 Å². The smallest absolute Gasteiger partial charge is 0.0244 e. The van der Waals surface area contributed by atoms with Crippen LogP contribution in [0.3, 0.4) is 0 Å². The summed E-state index contributed by atoms with van der Waals surface area (Å²) in [6.45, 7) is 16.5. The minimum atomic E-state index is 0.736. The minimum Gasteiger partial charge on any atom is -0.314 e. The fraction of sp³-hybridized carbons (Fsp3) is 1.00. The van der Waals surface area contributed by atoms with E-state index in [4.69, 9.17) is 0 Å². The lowest BCUT2D eigenvalue weighted by Gasteiger charge is -2.40. The van der Waals surface area contributed by atoms with Crippen molar-refractivity contribution in [1.29, 1.82) is 0 Å². The average molecular weight is 212 g/mol.